The van der Waals surface area contributed by atoms with E-state index < -0.39 is 29.7 Å². The fraction of sp³-hybridized carbons (Fsp3) is 0.269. The summed E-state index contributed by atoms with van der Waals surface area (Å²) in [5.74, 6) is -1.75. The quantitative estimate of drug-likeness (QED) is 0.546. The predicted octanol–water partition coefficient (Wildman–Crippen LogP) is 3.81. The van der Waals surface area contributed by atoms with Crippen molar-refractivity contribution in [3.8, 4) is 17.2 Å². The molecule has 0 saturated carbocycles. The summed E-state index contributed by atoms with van der Waals surface area (Å²) in [7, 11) is 1.58. The lowest BCUT2D eigenvalue weighted by Gasteiger charge is -2.22. The van der Waals surface area contributed by atoms with Gasteiger partial charge in [0, 0.05) is 24.0 Å². The van der Waals surface area contributed by atoms with E-state index in [-0.39, 0.29) is 19.6 Å². The summed E-state index contributed by atoms with van der Waals surface area (Å²) >= 11 is 0. The monoisotopic (exact) mass is 461 g/mol. The summed E-state index contributed by atoms with van der Waals surface area (Å²) in [4.78, 5) is 28.6. The first-order valence-corrected chi connectivity index (χ1v) is 10.9. The minimum absolute atomic E-state index is 0.0487. The average molecular weight is 461 g/mol. The van der Waals surface area contributed by atoms with Gasteiger partial charge in [0.1, 0.15) is 5.75 Å². The molecule has 2 N–H and O–H groups in total. The number of ether oxygens (including phenoxy) is 3. The van der Waals surface area contributed by atoms with Crippen molar-refractivity contribution in [1.29, 1.82) is 0 Å². The van der Waals surface area contributed by atoms with E-state index in [1.165, 1.54) is 0 Å². The predicted molar refractivity (Wildman–Crippen MR) is 121 cm³/mol. The Hall–Kier alpha value is -4.07. The summed E-state index contributed by atoms with van der Waals surface area (Å²) in [6, 6.07) is 16.5. The van der Waals surface area contributed by atoms with Crippen molar-refractivity contribution in [1.82, 2.24) is 4.98 Å². The van der Waals surface area contributed by atoms with E-state index in [0.29, 0.717) is 28.6 Å². The number of carboxylic acid groups (broad SMARTS) is 2. The van der Waals surface area contributed by atoms with Crippen LogP contribution < -0.4 is 14.2 Å². The second-order valence-corrected chi connectivity index (χ2v) is 8.38. The van der Waals surface area contributed by atoms with E-state index in [2.05, 4.69) is 0 Å². The zero-order chi connectivity index (χ0) is 23.8. The maximum Gasteiger partial charge on any atom is 0.308 e. The van der Waals surface area contributed by atoms with Crippen LogP contribution in [0.4, 0.5) is 0 Å². The summed E-state index contributed by atoms with van der Waals surface area (Å²) in [5.41, 5.74) is 3.69. The highest BCUT2D eigenvalue weighted by atomic mass is 16.7. The van der Waals surface area contributed by atoms with Gasteiger partial charge in [-0.2, -0.15) is 0 Å². The third-order valence-corrected chi connectivity index (χ3v) is 6.47. The Bertz CT molecular complexity index is 1250. The molecule has 0 amide bonds. The highest BCUT2D eigenvalue weighted by Gasteiger charge is 2.48. The van der Waals surface area contributed by atoms with Crippen LogP contribution in [-0.2, 0) is 16.0 Å². The van der Waals surface area contributed by atoms with Gasteiger partial charge in [0.05, 0.1) is 25.1 Å². The number of aliphatic carboxylic acids is 2. The van der Waals surface area contributed by atoms with Crippen molar-refractivity contribution in [3.05, 3.63) is 82.7 Å². The lowest BCUT2D eigenvalue weighted by Crippen LogP contribution is -2.24. The molecule has 8 heteroatoms. The molecule has 2 aliphatic rings. The Labute approximate surface area is 195 Å². The molecular weight excluding hydrogens is 438 g/mol. The van der Waals surface area contributed by atoms with Gasteiger partial charge in [0.25, 0.3) is 0 Å². The third kappa shape index (κ3) is 3.81. The fourth-order valence-corrected chi connectivity index (χ4v) is 4.93. The topological polar surface area (TPSA) is 115 Å². The molecule has 3 atom stereocenters. The number of hydrogen-bond donors (Lipinski definition) is 2. The Kier molecular flexibility index (Phi) is 5.57. The van der Waals surface area contributed by atoms with Gasteiger partial charge in [-0.05, 0) is 47.0 Å². The number of carboxylic acids is 2. The van der Waals surface area contributed by atoms with E-state index >= 15 is 0 Å². The van der Waals surface area contributed by atoms with Crippen LogP contribution in [0.2, 0.25) is 0 Å². The molecule has 0 radical (unpaired) electrons. The molecule has 34 heavy (non-hydrogen) atoms. The number of methoxy groups -OCH3 is 1. The first-order chi connectivity index (χ1) is 16.5. The molecule has 5 rings (SSSR count). The highest BCUT2D eigenvalue weighted by molar-refractivity contribution is 5.77. The normalized spacial score (nSPS) is 20.1. The number of aryl methyl sites for hydroxylation is 1. The van der Waals surface area contributed by atoms with Crippen molar-refractivity contribution in [3.63, 3.8) is 0 Å². The SMILES string of the molecule is COc1ccc([C@@H]2c3nc(CCC(=O)O)ccc3[C@H](c3ccc4c(c3)OCO4)[C@H]2C(=O)O)cc1. The summed E-state index contributed by atoms with van der Waals surface area (Å²) in [6.45, 7) is 0.130. The lowest BCUT2D eigenvalue weighted by atomic mass is 9.80. The number of nitrogens with zero attached hydrogens (tertiary/aromatic N) is 1. The minimum atomic E-state index is -0.937. The molecule has 2 aromatic carbocycles. The molecule has 2 heterocycles. The zero-order valence-electron chi connectivity index (χ0n) is 18.4. The number of rotatable bonds is 7. The van der Waals surface area contributed by atoms with Crippen molar-refractivity contribution in [2.75, 3.05) is 13.9 Å². The van der Waals surface area contributed by atoms with Crippen molar-refractivity contribution >= 4 is 11.9 Å². The first-order valence-electron chi connectivity index (χ1n) is 10.9. The van der Waals surface area contributed by atoms with Crippen molar-refractivity contribution in [2.45, 2.75) is 24.7 Å². The number of fused-ring (bicyclic) bond motifs is 2. The standard InChI is InChI=1S/C26H23NO7/c1-32-17-7-2-14(3-8-17)23-24(26(30)31)22(15-4-10-19-20(12-15)34-13-33-19)18-9-5-16(27-25(18)23)6-11-21(28)29/h2-5,7-10,12,22-24H,6,11,13H2,1H3,(H,28,29)(H,30,31)/t22-,23-,24+/m0/s1. The molecule has 1 aliphatic heterocycles. The van der Waals surface area contributed by atoms with E-state index in [1.807, 2.05) is 30.3 Å². The lowest BCUT2D eigenvalue weighted by molar-refractivity contribution is -0.142. The van der Waals surface area contributed by atoms with E-state index in [4.69, 9.17) is 24.3 Å². The van der Waals surface area contributed by atoms with Crippen molar-refractivity contribution < 1.29 is 34.0 Å². The molecule has 174 valence electrons. The molecule has 0 unspecified atom stereocenters. The molecular formula is C26H23NO7. The summed E-state index contributed by atoms with van der Waals surface area (Å²) in [6.07, 6.45) is 0.220. The van der Waals surface area contributed by atoms with Crippen molar-refractivity contribution in [2.24, 2.45) is 5.92 Å². The Morgan fingerprint density at radius 2 is 1.71 bits per heavy atom. The van der Waals surface area contributed by atoms with E-state index in [0.717, 1.165) is 16.7 Å². The Morgan fingerprint density at radius 3 is 2.41 bits per heavy atom. The molecule has 1 aromatic heterocycles. The van der Waals surface area contributed by atoms with Crippen LogP contribution in [-0.4, -0.2) is 41.0 Å². The highest BCUT2D eigenvalue weighted by Crippen LogP contribution is 2.53. The van der Waals surface area contributed by atoms with Gasteiger partial charge in [-0.1, -0.05) is 24.3 Å². The Balaban J connectivity index is 1.65. The van der Waals surface area contributed by atoms with Crippen LogP contribution in [0.25, 0.3) is 0 Å². The van der Waals surface area contributed by atoms with Crippen LogP contribution in [0.5, 0.6) is 17.2 Å². The Morgan fingerprint density at radius 1 is 0.971 bits per heavy atom. The van der Waals surface area contributed by atoms with Crippen LogP contribution >= 0.6 is 0 Å². The van der Waals surface area contributed by atoms with E-state index in [9.17, 15) is 14.7 Å². The van der Waals surface area contributed by atoms with Gasteiger partial charge in [-0.25, -0.2) is 0 Å². The second-order valence-electron chi connectivity index (χ2n) is 8.38. The van der Waals surface area contributed by atoms with Gasteiger partial charge < -0.3 is 24.4 Å². The molecule has 0 spiro atoms. The molecule has 3 aromatic rings. The molecule has 8 nitrogen and oxygen atoms in total. The van der Waals surface area contributed by atoms with Crippen LogP contribution in [0.3, 0.4) is 0 Å². The van der Waals surface area contributed by atoms with Crippen LogP contribution in [0.1, 0.15) is 46.3 Å². The maximum atomic E-state index is 12.7. The van der Waals surface area contributed by atoms with Gasteiger partial charge in [0.15, 0.2) is 11.5 Å². The smallest absolute Gasteiger partial charge is 0.308 e. The van der Waals surface area contributed by atoms with Gasteiger partial charge in [-0.15, -0.1) is 0 Å². The molecule has 0 bridgehead atoms. The van der Waals surface area contributed by atoms with Gasteiger partial charge >= 0.3 is 11.9 Å². The third-order valence-electron chi connectivity index (χ3n) is 6.47. The molecule has 1 aliphatic carbocycles. The molecule has 0 fully saturated rings. The number of pyridine rings is 1. The maximum absolute atomic E-state index is 12.7. The van der Waals surface area contributed by atoms with Gasteiger partial charge in [-0.3, -0.25) is 14.6 Å². The average Bonchev–Trinajstić information content (AvgIpc) is 3.44. The molecule has 0 saturated heterocycles. The minimum Gasteiger partial charge on any atom is -0.497 e. The first kappa shape index (κ1) is 21.8. The fourth-order valence-electron chi connectivity index (χ4n) is 4.93. The number of hydrogen-bond acceptors (Lipinski definition) is 6. The van der Waals surface area contributed by atoms with E-state index in [1.54, 1.807) is 31.4 Å². The number of benzene rings is 2. The number of aromatic nitrogens is 1. The number of carbonyl (C=O) groups is 2. The van der Waals surface area contributed by atoms with Crippen LogP contribution in [0, 0.1) is 5.92 Å². The zero-order valence-corrected chi connectivity index (χ0v) is 18.4. The summed E-state index contributed by atoms with van der Waals surface area (Å²) in [5, 5.41) is 19.5. The van der Waals surface area contributed by atoms with Crippen LogP contribution in [0.15, 0.2) is 54.6 Å². The largest absolute Gasteiger partial charge is 0.497 e. The second kappa shape index (κ2) is 8.70. The summed E-state index contributed by atoms with van der Waals surface area (Å²) < 4.78 is 16.2. The van der Waals surface area contributed by atoms with Gasteiger partial charge in [0.2, 0.25) is 6.79 Å².